The fourth-order valence-corrected chi connectivity index (χ4v) is 2.45. The normalized spacial score (nSPS) is 30.1. The highest BCUT2D eigenvalue weighted by atomic mass is 16.4. The molecule has 1 rings (SSSR count). The number of ketones is 1. The number of rotatable bonds is 5. The van der Waals surface area contributed by atoms with Crippen molar-refractivity contribution in [2.45, 2.75) is 46.0 Å². The Morgan fingerprint density at radius 1 is 1.56 bits per heavy atom. The van der Waals surface area contributed by atoms with E-state index in [0.717, 1.165) is 12.8 Å². The number of hydrogen-bond donors (Lipinski definition) is 1. The molecular formula is C13H20O3. The van der Waals surface area contributed by atoms with Crippen LogP contribution in [-0.4, -0.2) is 16.9 Å². The molecule has 1 saturated carbocycles. The minimum absolute atomic E-state index is 0.000920. The maximum atomic E-state index is 11.9. The summed E-state index contributed by atoms with van der Waals surface area (Å²) in [7, 11) is 0. The molecule has 90 valence electrons. The largest absolute Gasteiger partial charge is 0.481 e. The molecule has 1 fully saturated rings. The Hall–Kier alpha value is -1.12. The topological polar surface area (TPSA) is 54.4 Å². The quantitative estimate of drug-likeness (QED) is 0.730. The van der Waals surface area contributed by atoms with Crippen LogP contribution in [0.2, 0.25) is 0 Å². The molecule has 0 spiro atoms. The number of carboxylic acids is 1. The number of hydrogen-bond acceptors (Lipinski definition) is 2. The predicted molar refractivity (Wildman–Crippen MR) is 62.1 cm³/mol. The van der Waals surface area contributed by atoms with Gasteiger partial charge < -0.3 is 5.11 Å². The lowest BCUT2D eigenvalue weighted by molar-refractivity contribution is -0.139. The summed E-state index contributed by atoms with van der Waals surface area (Å²) in [5, 5.41) is 8.83. The van der Waals surface area contributed by atoms with Crippen LogP contribution in [0.1, 0.15) is 46.0 Å². The monoisotopic (exact) mass is 224 g/mol. The molecule has 1 aliphatic carbocycles. The lowest BCUT2D eigenvalue weighted by Crippen LogP contribution is -2.29. The molecule has 0 aromatic carbocycles. The Kier molecular flexibility index (Phi) is 4.27. The van der Waals surface area contributed by atoms with Gasteiger partial charge in [0.2, 0.25) is 0 Å². The first kappa shape index (κ1) is 12.9. The zero-order valence-electron chi connectivity index (χ0n) is 10.0. The molecule has 3 heteroatoms. The number of carbonyl (C=O) groups is 2. The molecule has 0 radical (unpaired) electrons. The third-order valence-electron chi connectivity index (χ3n) is 3.62. The van der Waals surface area contributed by atoms with Crippen molar-refractivity contribution in [3.8, 4) is 0 Å². The Morgan fingerprint density at radius 3 is 2.81 bits per heavy atom. The number of Topliss-reactive ketones (excluding diaryl/α,β-unsaturated/α-hetero) is 1. The summed E-state index contributed by atoms with van der Waals surface area (Å²) in [5.41, 5.74) is -0.454. The van der Waals surface area contributed by atoms with Gasteiger partial charge in [0, 0.05) is 18.3 Å². The average molecular weight is 224 g/mol. The number of aliphatic carboxylic acids is 1. The first-order valence-electron chi connectivity index (χ1n) is 5.90. The summed E-state index contributed by atoms with van der Waals surface area (Å²) in [4.78, 5) is 22.6. The minimum atomic E-state index is -0.801. The summed E-state index contributed by atoms with van der Waals surface area (Å²) in [5.74, 6) is -0.580. The second kappa shape index (κ2) is 5.28. The van der Waals surface area contributed by atoms with Gasteiger partial charge in [0.1, 0.15) is 5.78 Å². The van der Waals surface area contributed by atoms with E-state index in [1.54, 1.807) is 0 Å². The molecule has 0 bridgehead atoms. The van der Waals surface area contributed by atoms with E-state index < -0.39 is 11.4 Å². The van der Waals surface area contributed by atoms with Crippen LogP contribution in [0.5, 0.6) is 0 Å². The summed E-state index contributed by atoms with van der Waals surface area (Å²) < 4.78 is 0. The van der Waals surface area contributed by atoms with Crippen molar-refractivity contribution in [1.29, 1.82) is 0 Å². The number of allylic oxidation sites excluding steroid dienone is 2. The lowest BCUT2D eigenvalue weighted by Gasteiger charge is -2.27. The minimum Gasteiger partial charge on any atom is -0.481 e. The molecule has 0 saturated heterocycles. The third kappa shape index (κ3) is 2.71. The molecule has 0 aliphatic heterocycles. The predicted octanol–water partition coefficient (Wildman–Crippen LogP) is 2.80. The van der Waals surface area contributed by atoms with Crippen LogP contribution < -0.4 is 0 Å². The van der Waals surface area contributed by atoms with Crippen LogP contribution in [0.25, 0.3) is 0 Å². The molecule has 2 atom stereocenters. The maximum Gasteiger partial charge on any atom is 0.303 e. The van der Waals surface area contributed by atoms with Crippen LogP contribution in [-0.2, 0) is 9.59 Å². The van der Waals surface area contributed by atoms with E-state index in [4.69, 9.17) is 5.11 Å². The van der Waals surface area contributed by atoms with Gasteiger partial charge in [-0.05, 0) is 25.2 Å². The second-order valence-electron chi connectivity index (χ2n) is 4.76. The Bertz CT molecular complexity index is 306. The molecule has 0 unspecified atom stereocenters. The van der Waals surface area contributed by atoms with Crippen molar-refractivity contribution < 1.29 is 14.7 Å². The Balaban J connectivity index is 2.73. The average Bonchev–Trinajstić information content (AvgIpc) is 2.46. The van der Waals surface area contributed by atoms with Crippen LogP contribution in [0.3, 0.4) is 0 Å². The van der Waals surface area contributed by atoms with Crippen molar-refractivity contribution in [3.63, 3.8) is 0 Å². The molecule has 1 N–H and O–H groups in total. The summed E-state index contributed by atoms with van der Waals surface area (Å²) in [6, 6.07) is 0. The van der Waals surface area contributed by atoms with E-state index in [1.165, 1.54) is 0 Å². The van der Waals surface area contributed by atoms with Gasteiger partial charge in [0.05, 0.1) is 0 Å². The van der Waals surface area contributed by atoms with E-state index in [9.17, 15) is 9.59 Å². The Labute approximate surface area is 96.5 Å². The van der Waals surface area contributed by atoms with E-state index in [1.807, 2.05) is 26.0 Å². The van der Waals surface area contributed by atoms with Gasteiger partial charge in [-0.25, -0.2) is 0 Å². The van der Waals surface area contributed by atoms with Gasteiger partial charge in [-0.15, -0.1) is 0 Å². The van der Waals surface area contributed by atoms with Gasteiger partial charge in [0.15, 0.2) is 0 Å². The smallest absolute Gasteiger partial charge is 0.303 e. The van der Waals surface area contributed by atoms with Crippen molar-refractivity contribution in [1.82, 2.24) is 0 Å². The zero-order valence-corrected chi connectivity index (χ0v) is 10.0. The molecule has 1 aliphatic rings. The highest BCUT2D eigenvalue weighted by Crippen LogP contribution is 2.45. The molecule has 0 amide bonds. The van der Waals surface area contributed by atoms with Gasteiger partial charge in [-0.3, -0.25) is 9.59 Å². The molecule has 0 aromatic rings. The first-order chi connectivity index (χ1) is 7.50. The fraction of sp³-hybridized carbons (Fsp3) is 0.692. The third-order valence-corrected chi connectivity index (χ3v) is 3.62. The van der Waals surface area contributed by atoms with Crippen LogP contribution in [0, 0.1) is 11.3 Å². The molecular weight excluding hydrogens is 204 g/mol. The van der Waals surface area contributed by atoms with Gasteiger partial charge in [-0.1, -0.05) is 26.0 Å². The summed E-state index contributed by atoms with van der Waals surface area (Å²) in [6.07, 6.45) is 7.05. The summed E-state index contributed by atoms with van der Waals surface area (Å²) in [6.45, 7) is 3.96. The Morgan fingerprint density at radius 2 is 2.25 bits per heavy atom. The van der Waals surface area contributed by atoms with E-state index in [2.05, 4.69) is 0 Å². The van der Waals surface area contributed by atoms with Gasteiger partial charge in [-0.2, -0.15) is 0 Å². The maximum absolute atomic E-state index is 11.9. The highest BCUT2D eigenvalue weighted by Gasteiger charge is 2.45. The van der Waals surface area contributed by atoms with E-state index in [0.29, 0.717) is 12.8 Å². The van der Waals surface area contributed by atoms with Crippen molar-refractivity contribution in [2.75, 3.05) is 0 Å². The van der Waals surface area contributed by atoms with Crippen molar-refractivity contribution >= 4 is 11.8 Å². The highest BCUT2D eigenvalue weighted by molar-refractivity contribution is 5.88. The summed E-state index contributed by atoms with van der Waals surface area (Å²) >= 11 is 0. The molecule has 3 nitrogen and oxygen atoms in total. The molecule has 0 heterocycles. The van der Waals surface area contributed by atoms with Crippen LogP contribution >= 0.6 is 0 Å². The van der Waals surface area contributed by atoms with E-state index in [-0.39, 0.29) is 18.1 Å². The lowest BCUT2D eigenvalue weighted by atomic mass is 9.74. The SMILES string of the molecule is CC/C=C\C[C@]1(C)C(=O)CC[C@H]1CC(=O)O. The zero-order chi connectivity index (χ0) is 12.2. The molecule has 16 heavy (non-hydrogen) atoms. The van der Waals surface area contributed by atoms with Gasteiger partial charge in [0.25, 0.3) is 0 Å². The first-order valence-corrected chi connectivity index (χ1v) is 5.90. The van der Waals surface area contributed by atoms with E-state index >= 15 is 0 Å². The molecule has 0 aromatic heterocycles. The van der Waals surface area contributed by atoms with Crippen molar-refractivity contribution in [3.05, 3.63) is 12.2 Å². The van der Waals surface area contributed by atoms with Crippen LogP contribution in [0.4, 0.5) is 0 Å². The number of carbonyl (C=O) groups excluding carboxylic acids is 1. The van der Waals surface area contributed by atoms with Gasteiger partial charge >= 0.3 is 5.97 Å². The van der Waals surface area contributed by atoms with Crippen molar-refractivity contribution in [2.24, 2.45) is 11.3 Å². The number of carboxylic acid groups (broad SMARTS) is 1. The fourth-order valence-electron chi connectivity index (χ4n) is 2.45. The second-order valence-corrected chi connectivity index (χ2v) is 4.76. The standard InChI is InChI=1S/C13H20O3/c1-3-4-5-8-13(2)10(9-12(15)16)6-7-11(13)14/h4-5,10H,3,6-9H2,1-2H3,(H,15,16)/b5-4-/t10-,13-/m0/s1. The van der Waals surface area contributed by atoms with Crippen LogP contribution in [0.15, 0.2) is 12.2 Å².